The Labute approximate surface area is 330 Å². The van der Waals surface area contributed by atoms with Crippen molar-refractivity contribution in [2.45, 2.75) is 83.0 Å². The van der Waals surface area contributed by atoms with Crippen LogP contribution in [-0.4, -0.2) is 129 Å². The number of anilines is 1. The molecule has 0 spiro atoms. The second kappa shape index (κ2) is 21.1. The number of carboxylic acids is 1. The van der Waals surface area contributed by atoms with Gasteiger partial charge in [-0.3, -0.25) is 32.5 Å². The first kappa shape index (κ1) is 48.7. The van der Waals surface area contributed by atoms with E-state index in [0.717, 1.165) is 42.9 Å². The molecule has 2 aromatic rings. The molecule has 11 N–H and O–H groups in total. The zero-order chi connectivity index (χ0) is 42.8. The lowest BCUT2D eigenvalue weighted by atomic mass is 9.87. The second-order valence-electron chi connectivity index (χ2n) is 13.5. The van der Waals surface area contributed by atoms with Crippen LogP contribution in [0.3, 0.4) is 0 Å². The third-order valence-corrected chi connectivity index (χ3v) is 11.8. The Morgan fingerprint density at radius 3 is 2.28 bits per heavy atom. The molecule has 1 aliphatic heterocycles. The van der Waals surface area contributed by atoms with E-state index in [1.54, 1.807) is 0 Å². The van der Waals surface area contributed by atoms with Gasteiger partial charge in [0.25, 0.3) is 0 Å². The molecule has 1 aliphatic carbocycles. The summed E-state index contributed by atoms with van der Waals surface area (Å²) >= 11 is 3.95. The topological polar surface area (TPSA) is 384 Å². The number of aliphatic carboxylic acids is 1. The van der Waals surface area contributed by atoms with E-state index in [1.807, 2.05) is 0 Å². The zero-order valence-corrected chi connectivity index (χ0v) is 34.3. The van der Waals surface area contributed by atoms with Gasteiger partial charge in [0.1, 0.15) is 36.3 Å². The molecule has 2 aromatic heterocycles. The lowest BCUT2D eigenvalue weighted by Crippen LogP contribution is -2.46. The van der Waals surface area contributed by atoms with Gasteiger partial charge >= 0.3 is 29.4 Å². The lowest BCUT2D eigenvalue weighted by Gasteiger charge is -2.30. The molecule has 25 nitrogen and oxygen atoms in total. The Kier molecular flexibility index (Phi) is 18.0. The molecular formula is C28H48N7O18P3S. The minimum Gasteiger partial charge on any atom is -0.481 e. The number of nitrogens with one attached hydrogen (secondary N) is 2. The van der Waals surface area contributed by atoms with Crippen molar-refractivity contribution in [1.29, 1.82) is 0 Å². The molecule has 57 heavy (non-hydrogen) atoms. The van der Waals surface area contributed by atoms with E-state index in [1.165, 1.54) is 20.3 Å². The number of phosphoric acid groups is 3. The van der Waals surface area contributed by atoms with Crippen LogP contribution in [0.2, 0.25) is 0 Å². The number of nitrogens with two attached hydrogens (primary N) is 1. The number of nitrogen functional groups attached to an aromatic ring is 1. The van der Waals surface area contributed by atoms with Crippen LogP contribution in [0.5, 0.6) is 0 Å². The monoisotopic (exact) mass is 895 g/mol. The normalized spacial score (nSPS) is 23.1. The largest absolute Gasteiger partial charge is 0.481 e. The quantitative estimate of drug-likeness (QED) is 0.0652. The molecule has 2 fully saturated rings. The van der Waals surface area contributed by atoms with Crippen LogP contribution in [0.1, 0.15) is 58.6 Å². The number of aromatic nitrogens is 4. The number of hydrogen-bond donors (Lipinski definition) is 11. The summed E-state index contributed by atoms with van der Waals surface area (Å²) in [6, 6.07) is 0. The molecule has 3 heterocycles. The molecule has 7 atom stereocenters. The Hall–Kier alpha value is -2.64. The minimum absolute atomic E-state index is 0.0289. The molecule has 0 aromatic carbocycles. The molecule has 2 aliphatic rings. The van der Waals surface area contributed by atoms with Gasteiger partial charge in [0, 0.05) is 30.7 Å². The summed E-state index contributed by atoms with van der Waals surface area (Å²) in [5, 5.41) is 34.6. The van der Waals surface area contributed by atoms with Crippen LogP contribution in [0.25, 0.3) is 11.2 Å². The van der Waals surface area contributed by atoms with Crippen LogP contribution in [0.15, 0.2) is 12.7 Å². The van der Waals surface area contributed by atoms with Crippen molar-refractivity contribution in [3.8, 4) is 0 Å². The summed E-state index contributed by atoms with van der Waals surface area (Å²) in [4.78, 5) is 85.0. The zero-order valence-electron chi connectivity index (χ0n) is 30.7. The third-order valence-electron chi connectivity index (χ3n) is 8.47. The number of carbonyl (C=O) groups excluding carboxylic acids is 2. The average molecular weight is 896 g/mol. The number of hydrogen-bond acceptors (Lipinski definition) is 18. The summed E-state index contributed by atoms with van der Waals surface area (Å²) in [6.07, 6.45) is -1.50. The molecular weight excluding hydrogens is 847 g/mol. The van der Waals surface area contributed by atoms with Crippen molar-refractivity contribution in [3.63, 3.8) is 0 Å². The molecule has 29 heteroatoms. The van der Waals surface area contributed by atoms with Gasteiger partial charge in [-0.1, -0.05) is 33.1 Å². The summed E-state index contributed by atoms with van der Waals surface area (Å²) in [6.45, 7) is 0.723. The van der Waals surface area contributed by atoms with Crippen molar-refractivity contribution in [2.75, 3.05) is 37.8 Å². The van der Waals surface area contributed by atoms with Gasteiger partial charge in [0.05, 0.1) is 25.5 Å². The molecule has 0 radical (unpaired) electrons. The highest BCUT2D eigenvalue weighted by Crippen LogP contribution is 2.61. The number of fused-ring (bicyclic) bond motifs is 1. The van der Waals surface area contributed by atoms with Gasteiger partial charge in [0.15, 0.2) is 17.7 Å². The van der Waals surface area contributed by atoms with E-state index in [4.69, 9.17) is 24.6 Å². The van der Waals surface area contributed by atoms with Gasteiger partial charge in [-0.15, -0.1) is 0 Å². The van der Waals surface area contributed by atoms with E-state index in [2.05, 4.69) is 47.0 Å². The van der Waals surface area contributed by atoms with Crippen LogP contribution < -0.4 is 16.4 Å². The number of ether oxygens (including phenoxy) is 1. The lowest BCUT2D eigenvalue weighted by molar-refractivity contribution is -0.142. The van der Waals surface area contributed by atoms with Gasteiger partial charge in [-0.2, -0.15) is 16.9 Å². The SMILES string of the molecule is CC(C)(COP(=O)(O)OP(=O)(O)OC[C@H]1O[C@@H](n2cnc3c(N)ncnc32)[C@H](O)[C@@H]1OP(=O)(O)O)[C@@H](O)C(=O)NCCC(=O)NCCS.O=C(O)C1CCCCC1. The summed E-state index contributed by atoms with van der Waals surface area (Å²) < 4.78 is 61.7. The van der Waals surface area contributed by atoms with E-state index in [9.17, 15) is 57.9 Å². The Morgan fingerprint density at radius 2 is 1.68 bits per heavy atom. The Balaban J connectivity index is 0.000000847. The van der Waals surface area contributed by atoms with E-state index < -0.39 is 84.6 Å². The van der Waals surface area contributed by atoms with Gasteiger partial charge in [0.2, 0.25) is 11.8 Å². The number of aliphatic hydroxyl groups is 2. The summed E-state index contributed by atoms with van der Waals surface area (Å²) in [7, 11) is -16.3. The maximum Gasteiger partial charge on any atom is 0.481 e. The van der Waals surface area contributed by atoms with Crippen molar-refractivity contribution in [3.05, 3.63) is 12.7 Å². The van der Waals surface area contributed by atoms with E-state index >= 15 is 0 Å². The van der Waals surface area contributed by atoms with E-state index in [0.29, 0.717) is 12.3 Å². The maximum atomic E-state index is 12.6. The Morgan fingerprint density at radius 1 is 1.04 bits per heavy atom. The first-order chi connectivity index (χ1) is 26.5. The maximum absolute atomic E-state index is 12.6. The molecule has 0 bridgehead atoms. The fourth-order valence-electron chi connectivity index (χ4n) is 5.48. The number of imidazole rings is 1. The van der Waals surface area contributed by atoms with Crippen LogP contribution in [0, 0.1) is 11.3 Å². The molecule has 1 saturated heterocycles. The van der Waals surface area contributed by atoms with Crippen molar-refractivity contribution in [2.24, 2.45) is 11.3 Å². The van der Waals surface area contributed by atoms with Crippen molar-refractivity contribution >= 4 is 70.9 Å². The van der Waals surface area contributed by atoms with Gasteiger partial charge in [-0.25, -0.2) is 28.6 Å². The fraction of sp³-hybridized carbons (Fsp3) is 0.714. The number of carboxylic acid groups (broad SMARTS) is 1. The van der Waals surface area contributed by atoms with E-state index in [-0.39, 0.29) is 41.8 Å². The predicted octanol–water partition coefficient (Wildman–Crippen LogP) is -0.0140. The first-order valence-corrected chi connectivity index (χ1v) is 22.3. The third kappa shape index (κ3) is 15.2. The second-order valence-corrected chi connectivity index (χ2v) is 18.1. The molecule has 1 saturated carbocycles. The number of thiol groups is 1. The standard InChI is InChI=1S/C21H36N7O16P3S.C7H12O2/c1-21(2,16(31)19(32)24-4-3-12(29)23-5-6-48)8-41-47(38,39)44-46(36,37)40-7-11-15(43-45(33,34)35)14(30)20(42-11)28-10-27-13-17(22)25-9-26-18(13)28;8-7(9)6-4-2-1-3-5-6/h9-11,14-16,20,30-31,48H,3-8H2,1-2H3,(H,23,29)(H,24,32)(H,36,37)(H,38,39)(H2,22,25,26)(H2,33,34,35);6H,1-5H2,(H,8,9)/t11-,14-,15-,16+,20-;/m1./s1. The minimum atomic E-state index is -5.54. The van der Waals surface area contributed by atoms with Gasteiger partial charge in [-0.05, 0) is 12.8 Å². The summed E-state index contributed by atoms with van der Waals surface area (Å²) in [5.74, 6) is -1.57. The molecule has 4 rings (SSSR count). The molecule has 2 amide bonds. The number of aliphatic hydroxyl groups excluding tert-OH is 2. The Bertz CT molecular complexity index is 1830. The molecule has 2 unspecified atom stereocenters. The fourth-order valence-corrected chi connectivity index (χ4v) is 8.43. The highest BCUT2D eigenvalue weighted by molar-refractivity contribution is 7.80. The number of amides is 2. The van der Waals surface area contributed by atoms with Crippen LogP contribution in [0.4, 0.5) is 5.82 Å². The van der Waals surface area contributed by atoms with Gasteiger partial charge < -0.3 is 56.0 Å². The smallest absolute Gasteiger partial charge is 0.481 e. The number of rotatable bonds is 19. The van der Waals surface area contributed by atoms with Crippen molar-refractivity contribution < 1.29 is 85.6 Å². The highest BCUT2D eigenvalue weighted by atomic mass is 32.1. The number of carbonyl (C=O) groups is 3. The number of nitrogens with zero attached hydrogens (tertiary/aromatic N) is 4. The molecule has 324 valence electrons. The first-order valence-electron chi connectivity index (χ1n) is 17.2. The number of phosphoric ester groups is 3. The average Bonchev–Trinajstić information content (AvgIpc) is 3.69. The summed E-state index contributed by atoms with van der Waals surface area (Å²) in [5.41, 5.74) is 4.30. The van der Waals surface area contributed by atoms with Crippen LogP contribution >= 0.6 is 36.1 Å². The van der Waals surface area contributed by atoms with Crippen molar-refractivity contribution in [1.82, 2.24) is 30.2 Å². The highest BCUT2D eigenvalue weighted by Gasteiger charge is 2.50. The van der Waals surface area contributed by atoms with Crippen LogP contribution in [-0.2, 0) is 50.7 Å². The predicted molar refractivity (Wildman–Crippen MR) is 198 cm³/mol.